The smallest absolute Gasteiger partial charge is 0.416 e. The Morgan fingerprint density at radius 2 is 1.84 bits per heavy atom. The van der Waals surface area contributed by atoms with Crippen molar-refractivity contribution in [2.75, 3.05) is 32.8 Å². The summed E-state index contributed by atoms with van der Waals surface area (Å²) in [7, 11) is 0. The first-order chi connectivity index (χ1) is 18.2. The number of piperidine rings is 1. The van der Waals surface area contributed by atoms with Crippen molar-refractivity contribution in [2.45, 2.75) is 44.1 Å². The summed E-state index contributed by atoms with van der Waals surface area (Å²) in [6, 6.07) is 8.63. The second-order valence-electron chi connectivity index (χ2n) is 9.91. The number of pyridine rings is 1. The fourth-order valence-electron chi connectivity index (χ4n) is 4.96. The molecule has 5 rings (SSSR count). The van der Waals surface area contributed by atoms with Crippen LogP contribution >= 0.6 is 0 Å². The van der Waals surface area contributed by atoms with Gasteiger partial charge in [0.25, 0.3) is 5.91 Å². The summed E-state index contributed by atoms with van der Waals surface area (Å²) in [5.74, 6) is 0.512. The molecule has 38 heavy (non-hydrogen) atoms. The lowest BCUT2D eigenvalue weighted by Crippen LogP contribution is -2.46. The Morgan fingerprint density at radius 3 is 2.47 bits per heavy atom. The zero-order valence-electron chi connectivity index (χ0n) is 20.8. The Balaban J connectivity index is 1.10. The van der Waals surface area contributed by atoms with E-state index in [0.29, 0.717) is 63.4 Å². The molecule has 0 atom stereocenters. The van der Waals surface area contributed by atoms with Gasteiger partial charge < -0.3 is 14.8 Å². The molecule has 3 aliphatic rings. The largest absolute Gasteiger partial charge is 0.496 e. The van der Waals surface area contributed by atoms with E-state index >= 15 is 0 Å². The number of likely N-dealkylation sites (tertiary alicyclic amines) is 1. The standard InChI is InChI=1S/C27H29F3N4O4/c28-27(29,30)21-6-3-19(4-7-21)16-33-11-9-26(10-12-33)18-34(25(36)38-26)17-22-8-5-20(14-31-22)24(35)32-15-23-2-1-13-37-23/h2-8,14H,1,9-13,15-18H2,(H,32,35). The van der Waals surface area contributed by atoms with Crippen LogP contribution < -0.4 is 5.32 Å². The van der Waals surface area contributed by atoms with Gasteiger partial charge in [-0.2, -0.15) is 13.2 Å². The molecule has 0 aliphatic carbocycles. The van der Waals surface area contributed by atoms with Crippen molar-refractivity contribution in [3.63, 3.8) is 0 Å². The number of aromatic nitrogens is 1. The third-order valence-corrected chi connectivity index (χ3v) is 7.14. The van der Waals surface area contributed by atoms with Crippen molar-refractivity contribution >= 4 is 12.0 Å². The minimum absolute atomic E-state index is 0.247. The van der Waals surface area contributed by atoms with Gasteiger partial charge in [0, 0.05) is 45.1 Å². The summed E-state index contributed by atoms with van der Waals surface area (Å²) in [5, 5.41) is 2.80. The molecule has 4 heterocycles. The Kier molecular flexibility index (Phi) is 7.29. The van der Waals surface area contributed by atoms with Crippen molar-refractivity contribution < 1.29 is 32.2 Å². The fourth-order valence-corrected chi connectivity index (χ4v) is 4.96. The summed E-state index contributed by atoms with van der Waals surface area (Å²) in [5.41, 5.74) is 0.651. The number of hydrogen-bond acceptors (Lipinski definition) is 6. The third-order valence-electron chi connectivity index (χ3n) is 7.14. The topological polar surface area (TPSA) is 84.0 Å². The van der Waals surface area contributed by atoms with E-state index in [1.165, 1.54) is 18.3 Å². The van der Waals surface area contributed by atoms with Crippen LogP contribution in [0.3, 0.4) is 0 Å². The van der Waals surface area contributed by atoms with Crippen molar-refractivity contribution in [3.05, 3.63) is 76.8 Å². The first-order valence-electron chi connectivity index (χ1n) is 12.6. The fraction of sp³-hybridized carbons (Fsp3) is 0.444. The second kappa shape index (κ2) is 10.6. The zero-order chi connectivity index (χ0) is 26.8. The van der Waals surface area contributed by atoms with Gasteiger partial charge in [0.05, 0.1) is 43.1 Å². The monoisotopic (exact) mass is 530 g/mol. The molecule has 202 valence electrons. The molecule has 0 saturated carbocycles. The number of alkyl halides is 3. The molecule has 2 fully saturated rings. The van der Waals surface area contributed by atoms with Crippen LogP contribution in [0, 0.1) is 0 Å². The number of ether oxygens (including phenoxy) is 2. The number of carbonyl (C=O) groups is 2. The molecule has 0 bridgehead atoms. The molecule has 0 unspecified atom stereocenters. The molecule has 3 aliphatic heterocycles. The van der Waals surface area contributed by atoms with Gasteiger partial charge >= 0.3 is 12.3 Å². The average Bonchev–Trinajstić information content (AvgIpc) is 3.52. The lowest BCUT2D eigenvalue weighted by molar-refractivity contribution is -0.137. The highest BCUT2D eigenvalue weighted by atomic mass is 19.4. The molecule has 1 spiro atoms. The Labute approximate surface area is 218 Å². The highest BCUT2D eigenvalue weighted by Gasteiger charge is 2.47. The maximum Gasteiger partial charge on any atom is 0.416 e. The number of benzene rings is 1. The minimum Gasteiger partial charge on any atom is -0.496 e. The van der Waals surface area contributed by atoms with Gasteiger partial charge in [0.1, 0.15) is 11.4 Å². The molecule has 1 N–H and O–H groups in total. The first-order valence-corrected chi connectivity index (χ1v) is 12.6. The van der Waals surface area contributed by atoms with E-state index in [0.717, 1.165) is 29.9 Å². The number of halogens is 3. The van der Waals surface area contributed by atoms with Gasteiger partial charge in [-0.3, -0.25) is 19.6 Å². The van der Waals surface area contributed by atoms with E-state index < -0.39 is 23.4 Å². The van der Waals surface area contributed by atoms with Gasteiger partial charge in [-0.25, -0.2) is 4.79 Å². The lowest BCUT2D eigenvalue weighted by atomic mass is 9.91. The lowest BCUT2D eigenvalue weighted by Gasteiger charge is -2.37. The number of amides is 2. The summed E-state index contributed by atoms with van der Waals surface area (Å²) in [6.45, 7) is 3.59. The van der Waals surface area contributed by atoms with E-state index in [4.69, 9.17) is 9.47 Å². The molecule has 1 aromatic carbocycles. The molecule has 2 amide bonds. The quantitative estimate of drug-likeness (QED) is 0.580. The van der Waals surface area contributed by atoms with Crippen LogP contribution in [0.15, 0.2) is 54.4 Å². The Hall–Kier alpha value is -3.60. The Bertz CT molecular complexity index is 1190. The number of carbonyl (C=O) groups excluding carboxylic acids is 2. The van der Waals surface area contributed by atoms with E-state index in [1.807, 2.05) is 6.08 Å². The van der Waals surface area contributed by atoms with E-state index in [2.05, 4.69) is 15.2 Å². The highest BCUT2D eigenvalue weighted by molar-refractivity contribution is 5.94. The van der Waals surface area contributed by atoms with E-state index in [9.17, 15) is 22.8 Å². The molecule has 0 radical (unpaired) electrons. The van der Waals surface area contributed by atoms with Crippen LogP contribution in [0.25, 0.3) is 0 Å². The van der Waals surface area contributed by atoms with Crippen molar-refractivity contribution in [3.8, 4) is 0 Å². The minimum atomic E-state index is -4.34. The third kappa shape index (κ3) is 6.09. The number of rotatable bonds is 7. The van der Waals surface area contributed by atoms with E-state index in [-0.39, 0.29) is 12.5 Å². The van der Waals surface area contributed by atoms with Crippen LogP contribution in [-0.2, 0) is 28.7 Å². The summed E-state index contributed by atoms with van der Waals surface area (Å²) < 4.78 is 49.6. The molecule has 2 aromatic rings. The number of nitrogens with one attached hydrogen (secondary N) is 1. The van der Waals surface area contributed by atoms with Crippen LogP contribution in [0.5, 0.6) is 0 Å². The number of hydrogen-bond donors (Lipinski definition) is 1. The summed E-state index contributed by atoms with van der Waals surface area (Å²) >= 11 is 0. The first kappa shape index (κ1) is 26.0. The molecular weight excluding hydrogens is 501 g/mol. The summed E-state index contributed by atoms with van der Waals surface area (Å²) in [6.07, 6.45) is 0.837. The van der Waals surface area contributed by atoms with Gasteiger partial charge in [-0.1, -0.05) is 12.1 Å². The predicted molar refractivity (Wildman–Crippen MR) is 131 cm³/mol. The summed E-state index contributed by atoms with van der Waals surface area (Å²) in [4.78, 5) is 33.1. The van der Waals surface area contributed by atoms with Gasteiger partial charge in [-0.05, 0) is 35.9 Å². The van der Waals surface area contributed by atoms with E-state index in [1.54, 1.807) is 17.0 Å². The predicted octanol–water partition coefficient (Wildman–Crippen LogP) is 4.12. The maximum absolute atomic E-state index is 12.8. The molecule has 1 aromatic heterocycles. The normalized spacial score (nSPS) is 19.3. The van der Waals surface area contributed by atoms with Gasteiger partial charge in [-0.15, -0.1) is 0 Å². The van der Waals surface area contributed by atoms with Crippen LogP contribution in [-0.4, -0.2) is 65.2 Å². The van der Waals surface area contributed by atoms with Gasteiger partial charge in [0.15, 0.2) is 0 Å². The number of nitrogens with zero attached hydrogens (tertiary/aromatic N) is 3. The van der Waals surface area contributed by atoms with Crippen LogP contribution in [0.4, 0.5) is 18.0 Å². The van der Waals surface area contributed by atoms with Crippen LogP contribution in [0.1, 0.15) is 46.4 Å². The second-order valence-corrected chi connectivity index (χ2v) is 9.91. The van der Waals surface area contributed by atoms with Crippen molar-refractivity contribution in [2.24, 2.45) is 0 Å². The van der Waals surface area contributed by atoms with Crippen molar-refractivity contribution in [1.29, 1.82) is 0 Å². The Morgan fingerprint density at radius 1 is 1.08 bits per heavy atom. The molecular formula is C27H29F3N4O4. The molecule has 8 nitrogen and oxygen atoms in total. The average molecular weight is 531 g/mol. The maximum atomic E-state index is 12.8. The molecule has 11 heteroatoms. The molecule has 2 saturated heterocycles. The zero-order valence-corrected chi connectivity index (χ0v) is 20.8. The van der Waals surface area contributed by atoms with Crippen molar-refractivity contribution in [1.82, 2.24) is 20.1 Å². The highest BCUT2D eigenvalue weighted by Crippen LogP contribution is 2.35. The van der Waals surface area contributed by atoms with Crippen LogP contribution in [0.2, 0.25) is 0 Å². The van der Waals surface area contributed by atoms with Gasteiger partial charge in [0.2, 0.25) is 0 Å². The SMILES string of the molecule is O=C(NCC1=CCCO1)c1ccc(CN2CC3(CCN(Cc4ccc(C(F)(F)F)cc4)CC3)OC2=O)nc1.